The topological polar surface area (TPSA) is 80.7 Å². The van der Waals surface area contributed by atoms with Gasteiger partial charge in [0.1, 0.15) is 11.7 Å². The molecule has 0 aromatic rings. The van der Waals surface area contributed by atoms with Gasteiger partial charge in [0.05, 0.1) is 12.0 Å². The van der Waals surface area contributed by atoms with E-state index < -0.39 is 23.8 Å². The molecule has 1 aliphatic carbocycles. The number of carboxylic acids is 1. The normalized spacial score (nSPS) is 25.7. The number of carbonyl (C=O) groups excluding carboxylic acids is 2. The molecule has 0 spiro atoms. The van der Waals surface area contributed by atoms with Gasteiger partial charge in [0.15, 0.2) is 0 Å². The van der Waals surface area contributed by atoms with Crippen molar-refractivity contribution in [3.8, 4) is 0 Å². The quantitative estimate of drug-likeness (QED) is 0.550. The Hall–Kier alpha value is -1.39. The molecule has 0 heterocycles. The first kappa shape index (κ1) is 11.7. The molecule has 1 rings (SSSR count). The summed E-state index contributed by atoms with van der Waals surface area (Å²) in [6.07, 6.45) is 0.0428. The second-order valence-corrected chi connectivity index (χ2v) is 3.91. The minimum absolute atomic E-state index is 0.148. The van der Waals surface area contributed by atoms with Crippen LogP contribution in [0.25, 0.3) is 0 Å². The predicted molar refractivity (Wildman–Crippen MR) is 50.1 cm³/mol. The van der Waals surface area contributed by atoms with Crippen molar-refractivity contribution in [3.05, 3.63) is 0 Å². The second-order valence-electron chi connectivity index (χ2n) is 3.91. The van der Waals surface area contributed by atoms with Crippen molar-refractivity contribution >= 4 is 17.7 Å². The number of ether oxygens (including phenoxy) is 1. The van der Waals surface area contributed by atoms with E-state index in [4.69, 9.17) is 9.84 Å². The fourth-order valence-corrected chi connectivity index (χ4v) is 1.71. The van der Waals surface area contributed by atoms with Gasteiger partial charge in [0.25, 0.3) is 0 Å². The van der Waals surface area contributed by atoms with E-state index in [9.17, 15) is 14.4 Å². The molecule has 0 unspecified atom stereocenters. The lowest BCUT2D eigenvalue weighted by molar-refractivity contribution is -0.161. The van der Waals surface area contributed by atoms with Crippen LogP contribution >= 0.6 is 0 Å². The Morgan fingerprint density at radius 2 is 2.07 bits per heavy atom. The molecule has 2 atom stereocenters. The van der Waals surface area contributed by atoms with Crippen molar-refractivity contribution in [2.75, 3.05) is 0 Å². The smallest absolute Gasteiger partial charge is 0.317 e. The Bertz CT molecular complexity index is 294. The van der Waals surface area contributed by atoms with Crippen LogP contribution in [-0.4, -0.2) is 28.9 Å². The predicted octanol–water partition coefficient (Wildman–Crippen LogP) is 0.618. The molecule has 0 bridgehead atoms. The first-order valence-electron chi connectivity index (χ1n) is 4.89. The molecule has 1 aliphatic rings. The van der Waals surface area contributed by atoms with Gasteiger partial charge in [0, 0.05) is 6.42 Å². The van der Waals surface area contributed by atoms with E-state index in [2.05, 4.69) is 0 Å². The van der Waals surface area contributed by atoms with Crippen LogP contribution in [0.15, 0.2) is 0 Å². The average molecular weight is 214 g/mol. The zero-order valence-electron chi connectivity index (χ0n) is 8.73. The van der Waals surface area contributed by atoms with Crippen LogP contribution in [0.1, 0.15) is 26.7 Å². The summed E-state index contributed by atoms with van der Waals surface area (Å²) in [7, 11) is 0. The molecular formula is C10H14O5. The number of carboxylic acid groups (broad SMARTS) is 1. The minimum atomic E-state index is -1.11. The highest BCUT2D eigenvalue weighted by atomic mass is 16.5. The Morgan fingerprint density at radius 1 is 1.47 bits per heavy atom. The van der Waals surface area contributed by atoms with Crippen molar-refractivity contribution in [1.82, 2.24) is 0 Å². The fraction of sp³-hybridized carbons (Fsp3) is 0.700. The number of carbonyl (C=O) groups is 3. The third-order valence-electron chi connectivity index (χ3n) is 2.37. The standard InChI is InChI=1S/C10H14O5/c1-5(2)15-10(14)8-6(9(12)13)3-4-7(8)11/h5-6,8H,3-4H2,1-2H3,(H,12,13)/t6-,8+/m0/s1. The first-order valence-corrected chi connectivity index (χ1v) is 4.89. The van der Waals surface area contributed by atoms with Gasteiger partial charge >= 0.3 is 11.9 Å². The van der Waals surface area contributed by atoms with E-state index in [1.807, 2.05) is 0 Å². The van der Waals surface area contributed by atoms with E-state index >= 15 is 0 Å². The fourth-order valence-electron chi connectivity index (χ4n) is 1.71. The molecule has 0 saturated heterocycles. The van der Waals surface area contributed by atoms with Crippen LogP contribution in [0, 0.1) is 11.8 Å². The van der Waals surface area contributed by atoms with Crippen molar-refractivity contribution in [1.29, 1.82) is 0 Å². The number of Topliss-reactive ketones (excluding diaryl/α,β-unsaturated/α-hetero) is 1. The van der Waals surface area contributed by atoms with Gasteiger partial charge in [-0.15, -0.1) is 0 Å². The van der Waals surface area contributed by atoms with Gasteiger partial charge in [0.2, 0.25) is 0 Å². The van der Waals surface area contributed by atoms with Gasteiger partial charge < -0.3 is 9.84 Å². The molecule has 0 aliphatic heterocycles. The van der Waals surface area contributed by atoms with Crippen molar-refractivity contribution in [3.63, 3.8) is 0 Å². The summed E-state index contributed by atoms with van der Waals surface area (Å²) in [5.41, 5.74) is 0. The molecule has 0 aromatic carbocycles. The number of hydrogen-bond donors (Lipinski definition) is 1. The van der Waals surface area contributed by atoms with Gasteiger partial charge in [-0.1, -0.05) is 0 Å². The lowest BCUT2D eigenvalue weighted by Gasteiger charge is -2.15. The number of esters is 1. The van der Waals surface area contributed by atoms with E-state index in [1.54, 1.807) is 13.8 Å². The van der Waals surface area contributed by atoms with E-state index in [1.165, 1.54) is 0 Å². The van der Waals surface area contributed by atoms with Crippen molar-refractivity contribution in [2.45, 2.75) is 32.8 Å². The molecule has 1 N–H and O–H groups in total. The van der Waals surface area contributed by atoms with Gasteiger partial charge in [-0.25, -0.2) is 0 Å². The Labute approximate surface area is 87.4 Å². The van der Waals surface area contributed by atoms with Gasteiger partial charge in [-0.2, -0.15) is 0 Å². The maximum absolute atomic E-state index is 11.5. The Morgan fingerprint density at radius 3 is 2.53 bits per heavy atom. The summed E-state index contributed by atoms with van der Waals surface area (Å²) < 4.78 is 4.86. The lowest BCUT2D eigenvalue weighted by Crippen LogP contribution is -2.32. The number of aliphatic carboxylic acids is 1. The SMILES string of the molecule is CC(C)OC(=O)[C@H]1C(=O)CC[C@@H]1C(=O)O. The van der Waals surface area contributed by atoms with Crippen LogP contribution < -0.4 is 0 Å². The molecular weight excluding hydrogens is 200 g/mol. The largest absolute Gasteiger partial charge is 0.481 e. The maximum Gasteiger partial charge on any atom is 0.317 e. The summed E-state index contributed by atoms with van der Waals surface area (Å²) in [5, 5.41) is 8.82. The molecule has 5 heteroatoms. The Kier molecular flexibility index (Phi) is 3.44. The third-order valence-corrected chi connectivity index (χ3v) is 2.37. The molecule has 84 valence electrons. The van der Waals surface area contributed by atoms with Crippen LogP contribution in [0.4, 0.5) is 0 Å². The summed E-state index contributed by atoms with van der Waals surface area (Å²) in [6, 6.07) is 0. The van der Waals surface area contributed by atoms with E-state index in [0.29, 0.717) is 0 Å². The van der Waals surface area contributed by atoms with Crippen LogP contribution in [0.3, 0.4) is 0 Å². The first-order chi connectivity index (χ1) is 6.93. The molecule has 1 fully saturated rings. The highest BCUT2D eigenvalue weighted by Crippen LogP contribution is 2.30. The van der Waals surface area contributed by atoms with E-state index in [0.717, 1.165) is 0 Å². The van der Waals surface area contributed by atoms with Crippen LogP contribution in [0.2, 0.25) is 0 Å². The van der Waals surface area contributed by atoms with E-state index in [-0.39, 0.29) is 24.7 Å². The number of rotatable bonds is 3. The molecule has 0 amide bonds. The number of ketones is 1. The zero-order chi connectivity index (χ0) is 11.6. The van der Waals surface area contributed by atoms with Gasteiger partial charge in [-0.05, 0) is 20.3 Å². The summed E-state index contributed by atoms with van der Waals surface area (Å²) >= 11 is 0. The van der Waals surface area contributed by atoms with Crippen LogP contribution in [-0.2, 0) is 19.1 Å². The second kappa shape index (κ2) is 4.42. The molecule has 1 saturated carbocycles. The highest BCUT2D eigenvalue weighted by Gasteiger charge is 2.45. The van der Waals surface area contributed by atoms with Gasteiger partial charge in [-0.3, -0.25) is 14.4 Å². The Balaban J connectivity index is 2.76. The van der Waals surface area contributed by atoms with Crippen LogP contribution in [0.5, 0.6) is 0 Å². The number of hydrogen-bond acceptors (Lipinski definition) is 4. The maximum atomic E-state index is 11.5. The molecule has 0 radical (unpaired) electrons. The van der Waals surface area contributed by atoms with Crippen molar-refractivity contribution in [2.24, 2.45) is 11.8 Å². The lowest BCUT2D eigenvalue weighted by atomic mass is 9.96. The third kappa shape index (κ3) is 2.55. The molecule has 0 aromatic heterocycles. The monoisotopic (exact) mass is 214 g/mol. The zero-order valence-corrected chi connectivity index (χ0v) is 8.73. The van der Waals surface area contributed by atoms with Crippen molar-refractivity contribution < 1.29 is 24.2 Å². The molecule has 5 nitrogen and oxygen atoms in total. The average Bonchev–Trinajstić information content (AvgIpc) is 2.45. The summed E-state index contributed by atoms with van der Waals surface area (Å²) in [4.78, 5) is 33.6. The highest BCUT2D eigenvalue weighted by molar-refractivity contribution is 6.04. The minimum Gasteiger partial charge on any atom is -0.481 e. The molecule has 15 heavy (non-hydrogen) atoms. The summed E-state index contributed by atoms with van der Waals surface area (Å²) in [5.74, 6) is -4.16. The summed E-state index contributed by atoms with van der Waals surface area (Å²) in [6.45, 7) is 3.32.